The standard InChI is InChI=1S/C7H15NO3/c1-7(8)3-5(9)6(11-7)4-10-2/h5-6,9H,3-4,8H2,1-2H3/t5?,6-,7-/m1/s1. The van der Waals surface area contributed by atoms with Gasteiger partial charge in [-0.25, -0.2) is 0 Å². The molecule has 0 aromatic carbocycles. The van der Waals surface area contributed by atoms with Crippen LogP contribution < -0.4 is 5.73 Å². The second kappa shape index (κ2) is 3.06. The zero-order valence-electron chi connectivity index (χ0n) is 6.91. The first-order valence-corrected chi connectivity index (χ1v) is 3.69. The van der Waals surface area contributed by atoms with Crippen LogP contribution in [0.3, 0.4) is 0 Å². The van der Waals surface area contributed by atoms with Gasteiger partial charge in [0.2, 0.25) is 0 Å². The molecule has 0 aliphatic carbocycles. The lowest BCUT2D eigenvalue weighted by atomic mass is 10.1. The Labute approximate surface area is 66.3 Å². The van der Waals surface area contributed by atoms with E-state index in [0.717, 1.165) is 0 Å². The number of methoxy groups -OCH3 is 1. The summed E-state index contributed by atoms with van der Waals surface area (Å²) >= 11 is 0. The van der Waals surface area contributed by atoms with Gasteiger partial charge in [-0.05, 0) is 6.92 Å². The van der Waals surface area contributed by atoms with Crippen LogP contribution in [0.4, 0.5) is 0 Å². The zero-order chi connectivity index (χ0) is 8.48. The van der Waals surface area contributed by atoms with Crippen molar-refractivity contribution in [3.05, 3.63) is 0 Å². The van der Waals surface area contributed by atoms with Crippen molar-refractivity contribution in [1.29, 1.82) is 0 Å². The Morgan fingerprint density at radius 2 is 2.45 bits per heavy atom. The van der Waals surface area contributed by atoms with Crippen molar-refractivity contribution >= 4 is 0 Å². The molecule has 0 aromatic rings. The fourth-order valence-corrected chi connectivity index (χ4v) is 1.33. The summed E-state index contributed by atoms with van der Waals surface area (Å²) in [5, 5.41) is 9.37. The predicted molar refractivity (Wildman–Crippen MR) is 40.0 cm³/mol. The van der Waals surface area contributed by atoms with E-state index in [2.05, 4.69) is 0 Å². The van der Waals surface area contributed by atoms with Crippen LogP contribution in [0.15, 0.2) is 0 Å². The van der Waals surface area contributed by atoms with Crippen molar-refractivity contribution in [2.24, 2.45) is 5.73 Å². The first-order valence-electron chi connectivity index (χ1n) is 3.69. The second-order valence-electron chi connectivity index (χ2n) is 3.20. The van der Waals surface area contributed by atoms with Gasteiger partial charge in [-0.3, -0.25) is 0 Å². The summed E-state index contributed by atoms with van der Waals surface area (Å²) in [7, 11) is 1.57. The molecule has 11 heavy (non-hydrogen) atoms. The van der Waals surface area contributed by atoms with Gasteiger partial charge in [-0.15, -0.1) is 0 Å². The quantitative estimate of drug-likeness (QED) is 0.570. The molecule has 1 saturated heterocycles. The normalized spacial score (nSPS) is 44.7. The lowest BCUT2D eigenvalue weighted by Crippen LogP contribution is -2.36. The summed E-state index contributed by atoms with van der Waals surface area (Å²) in [5.74, 6) is 0. The lowest BCUT2D eigenvalue weighted by Gasteiger charge is -2.17. The smallest absolute Gasteiger partial charge is 0.117 e. The Morgan fingerprint density at radius 1 is 1.82 bits per heavy atom. The molecule has 1 fully saturated rings. The Morgan fingerprint density at radius 3 is 2.82 bits per heavy atom. The third-order valence-electron chi connectivity index (χ3n) is 1.80. The molecule has 3 atom stereocenters. The van der Waals surface area contributed by atoms with Crippen molar-refractivity contribution in [3.8, 4) is 0 Å². The molecule has 0 aromatic heterocycles. The molecule has 0 bridgehead atoms. The maximum absolute atomic E-state index is 9.37. The van der Waals surface area contributed by atoms with Crippen LogP contribution in [0.5, 0.6) is 0 Å². The van der Waals surface area contributed by atoms with E-state index in [0.29, 0.717) is 13.0 Å². The van der Waals surface area contributed by atoms with Crippen molar-refractivity contribution in [2.75, 3.05) is 13.7 Å². The van der Waals surface area contributed by atoms with E-state index in [1.165, 1.54) is 0 Å². The van der Waals surface area contributed by atoms with Crippen LogP contribution in [0.2, 0.25) is 0 Å². The summed E-state index contributed by atoms with van der Waals surface area (Å²) in [6.45, 7) is 2.15. The Bertz CT molecular complexity index is 138. The summed E-state index contributed by atoms with van der Waals surface area (Å²) in [6, 6.07) is 0. The summed E-state index contributed by atoms with van der Waals surface area (Å²) < 4.78 is 10.2. The Kier molecular flexibility index (Phi) is 2.49. The summed E-state index contributed by atoms with van der Waals surface area (Å²) in [4.78, 5) is 0. The van der Waals surface area contributed by atoms with E-state index in [1.54, 1.807) is 14.0 Å². The molecule has 0 radical (unpaired) electrons. The van der Waals surface area contributed by atoms with Crippen LogP contribution in [-0.2, 0) is 9.47 Å². The first kappa shape index (κ1) is 8.93. The van der Waals surface area contributed by atoms with E-state index >= 15 is 0 Å². The van der Waals surface area contributed by atoms with Gasteiger partial charge < -0.3 is 20.3 Å². The van der Waals surface area contributed by atoms with Gasteiger partial charge in [0.1, 0.15) is 11.8 Å². The molecule has 0 amide bonds. The molecule has 1 aliphatic rings. The molecule has 1 heterocycles. The molecule has 4 nitrogen and oxygen atoms in total. The van der Waals surface area contributed by atoms with E-state index in [1.807, 2.05) is 0 Å². The molecule has 0 saturated carbocycles. The van der Waals surface area contributed by atoms with Crippen molar-refractivity contribution in [3.63, 3.8) is 0 Å². The van der Waals surface area contributed by atoms with Gasteiger partial charge in [0.05, 0.1) is 12.7 Å². The lowest BCUT2D eigenvalue weighted by molar-refractivity contribution is -0.0683. The average Bonchev–Trinajstić information content (AvgIpc) is 2.07. The number of nitrogens with two attached hydrogens (primary N) is 1. The van der Waals surface area contributed by atoms with Gasteiger partial charge in [0.15, 0.2) is 0 Å². The van der Waals surface area contributed by atoms with Gasteiger partial charge in [-0.2, -0.15) is 0 Å². The van der Waals surface area contributed by atoms with Gasteiger partial charge in [-0.1, -0.05) is 0 Å². The second-order valence-corrected chi connectivity index (χ2v) is 3.20. The van der Waals surface area contributed by atoms with Crippen molar-refractivity contribution in [1.82, 2.24) is 0 Å². The van der Waals surface area contributed by atoms with Crippen LogP contribution in [0.1, 0.15) is 13.3 Å². The van der Waals surface area contributed by atoms with Gasteiger partial charge >= 0.3 is 0 Å². The Balaban J connectivity index is 2.45. The van der Waals surface area contributed by atoms with Crippen LogP contribution in [0, 0.1) is 0 Å². The van der Waals surface area contributed by atoms with E-state index in [-0.39, 0.29) is 6.10 Å². The largest absolute Gasteiger partial charge is 0.390 e. The number of aliphatic hydroxyl groups excluding tert-OH is 1. The maximum Gasteiger partial charge on any atom is 0.117 e. The molecule has 0 spiro atoms. The minimum Gasteiger partial charge on any atom is -0.390 e. The third kappa shape index (κ3) is 2.13. The maximum atomic E-state index is 9.37. The summed E-state index contributed by atoms with van der Waals surface area (Å²) in [6.07, 6.45) is -0.291. The van der Waals surface area contributed by atoms with Crippen molar-refractivity contribution in [2.45, 2.75) is 31.3 Å². The molecule has 1 unspecified atom stereocenters. The molecule has 1 aliphatic heterocycles. The van der Waals surface area contributed by atoms with E-state index < -0.39 is 11.8 Å². The topological polar surface area (TPSA) is 64.7 Å². The molecule has 4 heteroatoms. The third-order valence-corrected chi connectivity index (χ3v) is 1.80. The predicted octanol–water partition coefficient (Wildman–Crippen LogP) is -0.543. The molecule has 3 N–H and O–H groups in total. The van der Waals surface area contributed by atoms with E-state index in [4.69, 9.17) is 15.2 Å². The summed E-state index contributed by atoms with van der Waals surface area (Å²) in [5.41, 5.74) is 4.96. The molecular formula is C7H15NO3. The van der Waals surface area contributed by atoms with Crippen molar-refractivity contribution < 1.29 is 14.6 Å². The fraction of sp³-hybridized carbons (Fsp3) is 1.00. The number of hydrogen-bond acceptors (Lipinski definition) is 4. The van der Waals surface area contributed by atoms with Crippen LogP contribution in [-0.4, -0.2) is 36.8 Å². The molecular weight excluding hydrogens is 146 g/mol. The first-order chi connectivity index (χ1) is 5.05. The Hall–Kier alpha value is -0.160. The minimum absolute atomic E-state index is 0.269. The van der Waals surface area contributed by atoms with Gasteiger partial charge in [0, 0.05) is 13.5 Å². The average molecular weight is 161 g/mol. The minimum atomic E-state index is -0.692. The molecule has 1 rings (SSSR count). The number of ether oxygens (including phenoxy) is 2. The highest BCUT2D eigenvalue weighted by Gasteiger charge is 2.39. The number of hydrogen-bond donors (Lipinski definition) is 2. The number of aliphatic hydroxyl groups is 1. The fourth-order valence-electron chi connectivity index (χ4n) is 1.33. The SMILES string of the molecule is COC[C@H]1O[C@@](C)(N)CC1O. The zero-order valence-corrected chi connectivity index (χ0v) is 6.91. The highest BCUT2D eigenvalue weighted by Crippen LogP contribution is 2.25. The molecule has 66 valence electrons. The van der Waals surface area contributed by atoms with Crippen LogP contribution >= 0.6 is 0 Å². The monoisotopic (exact) mass is 161 g/mol. The van der Waals surface area contributed by atoms with E-state index in [9.17, 15) is 5.11 Å². The highest BCUT2D eigenvalue weighted by molar-refractivity contribution is 4.86. The van der Waals surface area contributed by atoms with Gasteiger partial charge in [0.25, 0.3) is 0 Å². The van der Waals surface area contributed by atoms with Crippen LogP contribution in [0.25, 0.3) is 0 Å². The number of rotatable bonds is 2. The highest BCUT2D eigenvalue weighted by atomic mass is 16.6.